The number of carbonyl (C=O) groups is 1. The van der Waals surface area contributed by atoms with E-state index < -0.39 is 0 Å². The summed E-state index contributed by atoms with van der Waals surface area (Å²) in [6, 6.07) is 7.19. The highest BCUT2D eigenvalue weighted by molar-refractivity contribution is 7.99. The number of carbonyl (C=O) groups excluding carboxylic acids is 1. The van der Waals surface area contributed by atoms with Gasteiger partial charge in [0, 0.05) is 35.4 Å². The molecule has 1 N–H and O–H groups in total. The van der Waals surface area contributed by atoms with Gasteiger partial charge in [0.2, 0.25) is 5.91 Å². The van der Waals surface area contributed by atoms with Gasteiger partial charge in [0.25, 0.3) is 5.56 Å². The molecule has 1 aliphatic rings. The molecule has 0 spiro atoms. The number of pyridine rings is 1. The van der Waals surface area contributed by atoms with Crippen LogP contribution in [0.15, 0.2) is 45.8 Å². The Morgan fingerprint density at radius 3 is 2.79 bits per heavy atom. The zero-order valence-electron chi connectivity index (χ0n) is 16.4. The van der Waals surface area contributed by atoms with E-state index in [0.29, 0.717) is 22.6 Å². The molecular formula is C20H21N5O2S2. The molecule has 9 heteroatoms. The molecule has 0 saturated carbocycles. The van der Waals surface area contributed by atoms with Gasteiger partial charge in [0.1, 0.15) is 5.69 Å². The van der Waals surface area contributed by atoms with Crippen LogP contribution in [0, 0.1) is 5.92 Å². The topological polar surface area (TPSA) is 89.8 Å². The summed E-state index contributed by atoms with van der Waals surface area (Å²) in [5.41, 5.74) is 1.95. The Morgan fingerprint density at radius 1 is 1.24 bits per heavy atom. The molecule has 0 fully saturated rings. The van der Waals surface area contributed by atoms with Crippen molar-refractivity contribution in [2.45, 2.75) is 37.9 Å². The van der Waals surface area contributed by atoms with Crippen molar-refractivity contribution < 1.29 is 4.79 Å². The van der Waals surface area contributed by atoms with E-state index in [0.717, 1.165) is 17.1 Å². The van der Waals surface area contributed by atoms with Crippen molar-refractivity contribution in [1.29, 1.82) is 0 Å². The van der Waals surface area contributed by atoms with Crippen molar-refractivity contribution in [2.24, 2.45) is 5.92 Å². The lowest BCUT2D eigenvalue weighted by atomic mass is 9.92. The number of aromatic nitrogens is 4. The van der Waals surface area contributed by atoms with Crippen LogP contribution in [0.4, 0.5) is 5.13 Å². The van der Waals surface area contributed by atoms with E-state index in [4.69, 9.17) is 0 Å². The van der Waals surface area contributed by atoms with Gasteiger partial charge >= 0.3 is 0 Å². The van der Waals surface area contributed by atoms with E-state index in [-0.39, 0.29) is 22.8 Å². The van der Waals surface area contributed by atoms with Gasteiger partial charge in [-0.3, -0.25) is 19.1 Å². The second-order valence-corrected chi connectivity index (χ2v) is 9.72. The summed E-state index contributed by atoms with van der Waals surface area (Å²) in [7, 11) is 0. The zero-order chi connectivity index (χ0) is 20.6. The third-order valence-electron chi connectivity index (χ3n) is 4.59. The minimum atomic E-state index is -0.324. The summed E-state index contributed by atoms with van der Waals surface area (Å²) < 4.78 is 1.59. The van der Waals surface area contributed by atoms with Crippen molar-refractivity contribution in [2.75, 3.05) is 11.1 Å². The number of amides is 1. The van der Waals surface area contributed by atoms with E-state index >= 15 is 0 Å². The van der Waals surface area contributed by atoms with Crippen molar-refractivity contribution in [3.8, 4) is 11.4 Å². The predicted octanol–water partition coefficient (Wildman–Crippen LogP) is 3.42. The van der Waals surface area contributed by atoms with E-state index in [2.05, 4.69) is 20.3 Å². The molecule has 0 aromatic carbocycles. The smallest absolute Gasteiger partial charge is 0.254 e. The number of hydrogen-bond acceptors (Lipinski definition) is 7. The van der Waals surface area contributed by atoms with Gasteiger partial charge in [0.15, 0.2) is 10.3 Å². The number of anilines is 1. The second-order valence-electron chi connectivity index (χ2n) is 7.87. The zero-order valence-corrected chi connectivity index (χ0v) is 18.0. The molecule has 1 aliphatic heterocycles. The summed E-state index contributed by atoms with van der Waals surface area (Å²) in [5.74, 6) is 0.108. The molecule has 3 aromatic rings. The van der Waals surface area contributed by atoms with Crippen LogP contribution in [0.25, 0.3) is 11.4 Å². The fourth-order valence-corrected chi connectivity index (χ4v) is 4.72. The van der Waals surface area contributed by atoms with Gasteiger partial charge in [-0.1, -0.05) is 38.6 Å². The normalized spacial score (nSPS) is 16.3. The maximum Gasteiger partial charge on any atom is 0.254 e. The Hall–Kier alpha value is -2.52. The van der Waals surface area contributed by atoms with Crippen LogP contribution in [0.5, 0.6) is 0 Å². The number of rotatable bonds is 3. The molecule has 1 unspecified atom stereocenters. The Balaban J connectivity index is 1.48. The monoisotopic (exact) mass is 427 g/mol. The summed E-state index contributed by atoms with van der Waals surface area (Å²) in [4.78, 5) is 38.7. The van der Waals surface area contributed by atoms with Crippen LogP contribution in [0.1, 0.15) is 26.5 Å². The first-order valence-corrected chi connectivity index (χ1v) is 11.1. The minimum absolute atomic E-state index is 0.114. The molecule has 29 heavy (non-hydrogen) atoms. The molecule has 4 heterocycles. The lowest BCUT2D eigenvalue weighted by Crippen LogP contribution is -2.37. The van der Waals surface area contributed by atoms with E-state index in [1.54, 1.807) is 16.8 Å². The average Bonchev–Trinajstić information content (AvgIpc) is 3.16. The van der Waals surface area contributed by atoms with Gasteiger partial charge in [-0.25, -0.2) is 9.97 Å². The largest absolute Gasteiger partial charge is 0.302 e. The van der Waals surface area contributed by atoms with Crippen molar-refractivity contribution >= 4 is 34.1 Å². The van der Waals surface area contributed by atoms with Crippen LogP contribution in [-0.4, -0.2) is 31.2 Å². The first kappa shape index (κ1) is 19.8. The SMILES string of the molecule is CC(C)(C)c1cc(=O)n2c(n1)SCC(C(=O)Nc1nc(-c3ccccn3)cs1)C2. The third-order valence-corrected chi connectivity index (χ3v) is 6.49. The Bertz CT molecular complexity index is 1100. The number of fused-ring (bicyclic) bond motifs is 1. The fraction of sp³-hybridized carbons (Fsp3) is 0.350. The molecule has 1 amide bonds. The van der Waals surface area contributed by atoms with E-state index in [1.165, 1.54) is 23.1 Å². The minimum Gasteiger partial charge on any atom is -0.302 e. The van der Waals surface area contributed by atoms with Crippen LogP contribution >= 0.6 is 23.1 Å². The van der Waals surface area contributed by atoms with E-state index in [9.17, 15) is 9.59 Å². The Kier molecular flexibility index (Phi) is 5.26. The molecule has 0 aliphatic carbocycles. The maximum absolute atomic E-state index is 12.8. The molecule has 0 saturated heterocycles. The molecule has 4 rings (SSSR count). The predicted molar refractivity (Wildman–Crippen MR) is 115 cm³/mol. The second kappa shape index (κ2) is 7.72. The molecule has 0 bridgehead atoms. The summed E-state index contributed by atoms with van der Waals surface area (Å²) in [5, 5.41) is 5.95. The molecule has 150 valence electrons. The molecule has 7 nitrogen and oxygen atoms in total. The summed E-state index contributed by atoms with van der Waals surface area (Å²) in [6.45, 7) is 6.41. The highest BCUT2D eigenvalue weighted by atomic mass is 32.2. The quantitative estimate of drug-likeness (QED) is 0.644. The first-order chi connectivity index (χ1) is 13.8. The van der Waals surface area contributed by atoms with Crippen LogP contribution in [0.3, 0.4) is 0 Å². The first-order valence-electron chi connectivity index (χ1n) is 9.24. The van der Waals surface area contributed by atoms with Crippen molar-refractivity contribution in [3.63, 3.8) is 0 Å². The van der Waals surface area contributed by atoms with Crippen LogP contribution in [-0.2, 0) is 16.8 Å². The van der Waals surface area contributed by atoms with E-state index in [1.807, 2.05) is 44.4 Å². The highest BCUT2D eigenvalue weighted by Crippen LogP contribution is 2.29. The number of hydrogen-bond donors (Lipinski definition) is 1. The van der Waals surface area contributed by atoms with Gasteiger partial charge in [-0.05, 0) is 12.1 Å². The maximum atomic E-state index is 12.8. The summed E-state index contributed by atoms with van der Waals surface area (Å²) in [6.07, 6.45) is 1.71. The Morgan fingerprint density at radius 2 is 2.07 bits per heavy atom. The van der Waals surface area contributed by atoms with Gasteiger partial charge in [0.05, 0.1) is 17.3 Å². The summed E-state index contributed by atoms with van der Waals surface area (Å²) >= 11 is 2.81. The lowest BCUT2D eigenvalue weighted by Gasteiger charge is -2.26. The molecule has 1 atom stereocenters. The van der Waals surface area contributed by atoms with Crippen molar-refractivity contribution in [1.82, 2.24) is 19.5 Å². The number of thiazole rings is 1. The standard InChI is InChI=1S/C20H21N5O2S2/c1-20(2,3)15-8-16(26)25-9-12(10-29-19(25)23-15)17(27)24-18-22-14(11-28-18)13-6-4-5-7-21-13/h4-8,11-12H,9-10H2,1-3H3,(H,22,24,27). The van der Waals surface area contributed by atoms with Crippen LogP contribution in [0.2, 0.25) is 0 Å². The van der Waals surface area contributed by atoms with Gasteiger partial charge in [-0.2, -0.15) is 0 Å². The fourth-order valence-electron chi connectivity index (χ4n) is 2.92. The Labute approximate surface area is 176 Å². The molecule has 0 radical (unpaired) electrons. The highest BCUT2D eigenvalue weighted by Gasteiger charge is 2.29. The third kappa shape index (κ3) is 4.25. The molecule has 3 aromatic heterocycles. The molecular weight excluding hydrogens is 406 g/mol. The van der Waals surface area contributed by atoms with Crippen molar-refractivity contribution in [3.05, 3.63) is 51.9 Å². The van der Waals surface area contributed by atoms with Gasteiger partial charge in [-0.15, -0.1) is 11.3 Å². The number of nitrogens with zero attached hydrogens (tertiary/aromatic N) is 4. The van der Waals surface area contributed by atoms with Gasteiger partial charge < -0.3 is 5.32 Å². The number of nitrogens with one attached hydrogen (secondary N) is 1. The lowest BCUT2D eigenvalue weighted by molar-refractivity contribution is -0.119. The number of thioether (sulfide) groups is 1. The average molecular weight is 428 g/mol. The van der Waals surface area contributed by atoms with Crippen LogP contribution < -0.4 is 10.9 Å².